The number of ether oxygens (including phenoxy) is 1. The quantitative estimate of drug-likeness (QED) is 0.520. The summed E-state index contributed by atoms with van der Waals surface area (Å²) >= 11 is 18.4. The lowest BCUT2D eigenvalue weighted by Gasteiger charge is -2.33. The molecule has 29 heavy (non-hydrogen) atoms. The number of rotatable bonds is 5. The van der Waals surface area contributed by atoms with Gasteiger partial charge in [-0.25, -0.2) is 4.98 Å². The largest absolute Gasteiger partial charge is 0.495 e. The summed E-state index contributed by atoms with van der Waals surface area (Å²) in [5.74, 6) is 1.48. The van der Waals surface area contributed by atoms with Gasteiger partial charge in [0.2, 0.25) is 5.95 Å². The predicted octanol–water partition coefficient (Wildman–Crippen LogP) is 4.80. The van der Waals surface area contributed by atoms with Crippen molar-refractivity contribution in [2.24, 2.45) is 0 Å². The van der Waals surface area contributed by atoms with Crippen LogP contribution in [0.1, 0.15) is 18.4 Å². The van der Waals surface area contributed by atoms with Crippen LogP contribution >= 0.6 is 48.3 Å². The summed E-state index contributed by atoms with van der Waals surface area (Å²) in [4.78, 5) is 14.4. The maximum absolute atomic E-state index is 6.24. The fraction of sp³-hybridized carbons (Fsp3) is 0.368. The number of H-pyrrole nitrogens is 1. The van der Waals surface area contributed by atoms with Crippen LogP contribution in [0.2, 0.25) is 15.2 Å². The molecule has 3 heterocycles. The Labute approximate surface area is 191 Å². The highest BCUT2D eigenvalue weighted by Crippen LogP contribution is 2.32. The molecule has 0 bridgehead atoms. The van der Waals surface area contributed by atoms with Crippen molar-refractivity contribution < 1.29 is 4.74 Å². The molecule has 4 rings (SSSR count). The minimum atomic E-state index is 0. The zero-order valence-corrected chi connectivity index (χ0v) is 19.1. The molecule has 2 N–H and O–H groups in total. The number of halogens is 3. The maximum Gasteiger partial charge on any atom is 0.205 e. The van der Waals surface area contributed by atoms with Crippen LogP contribution in [0.15, 0.2) is 24.3 Å². The van der Waals surface area contributed by atoms with Gasteiger partial charge in [-0.3, -0.25) is 0 Å². The van der Waals surface area contributed by atoms with Crippen molar-refractivity contribution in [1.29, 1.82) is 0 Å². The first kappa shape index (κ1) is 22.3. The molecule has 1 atom stereocenters. The van der Waals surface area contributed by atoms with Gasteiger partial charge in [-0.15, -0.1) is 0 Å². The molecule has 156 valence electrons. The van der Waals surface area contributed by atoms with E-state index < -0.39 is 0 Å². The monoisotopic (exact) mass is 473 g/mol. The first-order valence-corrected chi connectivity index (χ1v) is 10.2. The highest BCUT2D eigenvalue weighted by Gasteiger charge is 2.23. The number of aromatic amines is 1. The van der Waals surface area contributed by atoms with Crippen LogP contribution in [0.4, 0.5) is 5.95 Å². The minimum Gasteiger partial charge on any atom is -0.495 e. The maximum atomic E-state index is 6.24. The van der Waals surface area contributed by atoms with Gasteiger partial charge in [-0.05, 0) is 37.1 Å². The minimum absolute atomic E-state index is 0. The Bertz CT molecular complexity index is 999. The van der Waals surface area contributed by atoms with Gasteiger partial charge in [0, 0.05) is 36.3 Å². The molecule has 2 aromatic heterocycles. The van der Waals surface area contributed by atoms with E-state index in [-0.39, 0.29) is 13.5 Å². The Hall–Kier alpha value is -1.38. The summed E-state index contributed by atoms with van der Waals surface area (Å²) in [7, 11) is 1.61. The topological polar surface area (TPSA) is 66.1 Å². The molecule has 0 radical (unpaired) electrons. The fourth-order valence-electron chi connectivity index (χ4n) is 3.57. The molecule has 10 heteroatoms. The van der Waals surface area contributed by atoms with Gasteiger partial charge in [0.1, 0.15) is 10.9 Å². The third-order valence-corrected chi connectivity index (χ3v) is 5.60. The predicted molar refractivity (Wildman–Crippen MR) is 124 cm³/mol. The normalized spacial score (nSPS) is 16.7. The molecule has 6 nitrogen and oxygen atoms in total. The molecule has 1 aliphatic rings. The molecular weight excluding hydrogens is 453 g/mol. The lowest BCUT2D eigenvalue weighted by molar-refractivity contribution is 0.394. The third-order valence-electron chi connectivity index (χ3n) is 4.89. The number of piperidine rings is 1. The van der Waals surface area contributed by atoms with Gasteiger partial charge in [0.15, 0.2) is 5.65 Å². The first-order valence-electron chi connectivity index (χ1n) is 9.06. The van der Waals surface area contributed by atoms with Crippen molar-refractivity contribution in [2.75, 3.05) is 25.1 Å². The van der Waals surface area contributed by atoms with E-state index in [9.17, 15) is 0 Å². The summed E-state index contributed by atoms with van der Waals surface area (Å²) in [5.41, 5.74) is 2.46. The van der Waals surface area contributed by atoms with Crippen molar-refractivity contribution in [2.45, 2.75) is 25.4 Å². The van der Waals surface area contributed by atoms with E-state index >= 15 is 0 Å². The smallest absolute Gasteiger partial charge is 0.205 e. The second-order valence-electron chi connectivity index (χ2n) is 6.81. The number of hydrogen-bond donors (Lipinski definition) is 2. The summed E-state index contributed by atoms with van der Waals surface area (Å²) in [5, 5.41) is 5.15. The van der Waals surface area contributed by atoms with Gasteiger partial charge in [0.25, 0.3) is 0 Å². The number of anilines is 1. The fourth-order valence-corrected chi connectivity index (χ4v) is 4.33. The molecular formula is C19H22Cl3N5OS. The van der Waals surface area contributed by atoms with Gasteiger partial charge >= 0.3 is 0 Å². The average Bonchev–Trinajstić information content (AvgIpc) is 3.09. The number of nitrogens with one attached hydrogen (secondary N) is 2. The lowest BCUT2D eigenvalue weighted by Crippen LogP contribution is -2.46. The number of fused-ring (bicyclic) bond motifs is 1. The zero-order chi connectivity index (χ0) is 19.7. The van der Waals surface area contributed by atoms with Gasteiger partial charge in [-0.2, -0.15) is 18.5 Å². The zero-order valence-electron chi connectivity index (χ0n) is 15.8. The molecule has 1 fully saturated rings. The van der Waals surface area contributed by atoms with Crippen molar-refractivity contribution in [3.63, 3.8) is 0 Å². The van der Waals surface area contributed by atoms with Crippen LogP contribution in [0.3, 0.4) is 0 Å². The Kier molecular flexibility index (Phi) is 7.40. The van der Waals surface area contributed by atoms with Crippen LogP contribution < -0.4 is 15.0 Å². The van der Waals surface area contributed by atoms with Crippen LogP contribution in [-0.2, 0) is 6.54 Å². The Morgan fingerprint density at radius 1 is 1.24 bits per heavy atom. The molecule has 1 aliphatic heterocycles. The molecule has 1 saturated heterocycles. The van der Waals surface area contributed by atoms with E-state index in [1.165, 1.54) is 0 Å². The van der Waals surface area contributed by atoms with E-state index in [0.29, 0.717) is 39.2 Å². The van der Waals surface area contributed by atoms with Crippen molar-refractivity contribution in [1.82, 2.24) is 20.3 Å². The molecule has 0 aliphatic carbocycles. The number of benzene rings is 1. The molecule has 0 spiro atoms. The van der Waals surface area contributed by atoms with Crippen molar-refractivity contribution in [3.8, 4) is 5.75 Å². The second kappa shape index (κ2) is 9.62. The Morgan fingerprint density at radius 3 is 2.86 bits per heavy atom. The molecule has 0 amide bonds. The Balaban J connectivity index is 0.00000240. The van der Waals surface area contributed by atoms with Gasteiger partial charge in [-0.1, -0.05) is 34.8 Å². The van der Waals surface area contributed by atoms with Crippen molar-refractivity contribution in [3.05, 3.63) is 45.0 Å². The SMILES string of the molecule is COc1c(Cl)cc(Cl)cc1CN[C@H]1CCCN(c2nc3nc(Cl)ccc3[nH]2)C1.S. The number of imidazole rings is 1. The summed E-state index contributed by atoms with van der Waals surface area (Å²) in [6.07, 6.45) is 2.15. The van der Waals surface area contributed by atoms with Gasteiger partial charge in [0.05, 0.1) is 17.6 Å². The van der Waals surface area contributed by atoms with Crippen LogP contribution in [0, 0.1) is 0 Å². The van der Waals surface area contributed by atoms with Crippen LogP contribution in [0.25, 0.3) is 11.2 Å². The molecule has 0 saturated carbocycles. The second-order valence-corrected chi connectivity index (χ2v) is 8.04. The van der Waals surface area contributed by atoms with E-state index in [1.807, 2.05) is 12.1 Å². The number of hydrogen-bond acceptors (Lipinski definition) is 5. The van der Waals surface area contributed by atoms with Crippen molar-refractivity contribution >= 4 is 65.4 Å². The van der Waals surface area contributed by atoms with Crippen LogP contribution in [0.5, 0.6) is 5.75 Å². The van der Waals surface area contributed by atoms with E-state index in [1.54, 1.807) is 19.2 Å². The molecule has 1 aromatic carbocycles. The summed E-state index contributed by atoms with van der Waals surface area (Å²) in [6, 6.07) is 7.54. The van der Waals surface area contributed by atoms with Crippen LogP contribution in [-0.4, -0.2) is 41.2 Å². The number of nitrogens with zero attached hydrogens (tertiary/aromatic N) is 3. The number of pyridine rings is 1. The highest BCUT2D eigenvalue weighted by molar-refractivity contribution is 7.59. The van der Waals surface area contributed by atoms with E-state index in [4.69, 9.17) is 39.5 Å². The number of aromatic nitrogens is 3. The van der Waals surface area contributed by atoms with Gasteiger partial charge < -0.3 is 19.9 Å². The summed E-state index contributed by atoms with van der Waals surface area (Å²) < 4.78 is 5.43. The highest BCUT2D eigenvalue weighted by atomic mass is 35.5. The number of methoxy groups -OCH3 is 1. The lowest BCUT2D eigenvalue weighted by atomic mass is 10.1. The first-order chi connectivity index (χ1) is 13.5. The summed E-state index contributed by atoms with van der Waals surface area (Å²) in [6.45, 7) is 2.40. The molecule has 0 unspecified atom stereocenters. The standard InChI is InChI=1S/C19H20Cl3N5O.H2S/c1-28-17-11(7-12(20)8-14(17)21)9-23-13-3-2-6-27(10-13)19-24-15-4-5-16(22)25-18(15)26-19;/h4-5,7-8,13,23H,2-3,6,9-10H2,1H3,(H,24,25,26);1H2/t13-;/m0./s1. The van der Waals surface area contributed by atoms with E-state index in [0.717, 1.165) is 43.0 Å². The third kappa shape index (κ3) is 5.03. The van der Waals surface area contributed by atoms with E-state index in [2.05, 4.69) is 25.2 Å². The Morgan fingerprint density at radius 2 is 2.07 bits per heavy atom. The molecule has 3 aromatic rings. The average molecular weight is 475 g/mol.